The van der Waals surface area contributed by atoms with Crippen LogP contribution < -0.4 is 16.0 Å². The molecule has 0 saturated carbocycles. The molecule has 3 amide bonds. The Kier molecular flexibility index (Phi) is 15.2. The number of hydrogen-bond acceptors (Lipinski definition) is 7. The van der Waals surface area contributed by atoms with Gasteiger partial charge in [-0.15, -0.1) is 0 Å². The number of unbranched alkanes of at least 4 members (excludes halogenated alkanes) is 1. The van der Waals surface area contributed by atoms with Crippen molar-refractivity contribution in [3.63, 3.8) is 0 Å². The topological polar surface area (TPSA) is 143 Å². The molecule has 3 rings (SSSR count). The largest absolute Gasteiger partial charge is 0.466 e. The molecule has 0 radical (unpaired) electrons. The van der Waals surface area contributed by atoms with Crippen LogP contribution in [0.4, 0.5) is 4.79 Å². The van der Waals surface area contributed by atoms with Crippen LogP contribution in [0.3, 0.4) is 0 Å². The first-order chi connectivity index (χ1) is 22.6. The summed E-state index contributed by atoms with van der Waals surface area (Å²) < 4.78 is 10.4. The Morgan fingerprint density at radius 1 is 0.787 bits per heavy atom. The van der Waals surface area contributed by atoms with E-state index in [1.165, 1.54) is 0 Å². The van der Waals surface area contributed by atoms with Gasteiger partial charge in [-0.1, -0.05) is 106 Å². The molecule has 4 atom stereocenters. The van der Waals surface area contributed by atoms with Crippen molar-refractivity contribution in [3.05, 3.63) is 83.9 Å². The second kappa shape index (κ2) is 19.3. The van der Waals surface area contributed by atoms with Gasteiger partial charge in [0.15, 0.2) is 0 Å². The Hall–Kier alpha value is -4.44. The lowest BCUT2D eigenvalue weighted by Crippen LogP contribution is -2.57. The Morgan fingerprint density at radius 2 is 1.47 bits per heavy atom. The van der Waals surface area contributed by atoms with E-state index in [1.54, 1.807) is 6.92 Å². The molecule has 47 heavy (non-hydrogen) atoms. The molecule has 0 unspecified atom stereocenters. The number of benzene rings is 3. The van der Waals surface area contributed by atoms with E-state index in [9.17, 15) is 24.3 Å². The van der Waals surface area contributed by atoms with Gasteiger partial charge in [0.05, 0.1) is 25.2 Å². The summed E-state index contributed by atoms with van der Waals surface area (Å²) in [7, 11) is 0. The Labute approximate surface area is 277 Å². The fourth-order valence-corrected chi connectivity index (χ4v) is 5.39. The molecule has 0 aliphatic heterocycles. The molecule has 0 heterocycles. The van der Waals surface area contributed by atoms with Crippen molar-refractivity contribution in [2.24, 2.45) is 5.92 Å². The van der Waals surface area contributed by atoms with Crippen molar-refractivity contribution in [1.82, 2.24) is 16.0 Å². The van der Waals surface area contributed by atoms with Crippen molar-refractivity contribution in [2.75, 3.05) is 6.61 Å². The number of aliphatic hydroxyl groups excluding tert-OH is 1. The van der Waals surface area contributed by atoms with Gasteiger partial charge in [0, 0.05) is 6.42 Å². The van der Waals surface area contributed by atoms with E-state index in [4.69, 9.17) is 9.47 Å². The molecule has 254 valence electrons. The van der Waals surface area contributed by atoms with Crippen molar-refractivity contribution >= 4 is 34.6 Å². The van der Waals surface area contributed by atoms with Crippen molar-refractivity contribution in [1.29, 1.82) is 0 Å². The summed E-state index contributed by atoms with van der Waals surface area (Å²) in [6.07, 6.45) is 0.160. The zero-order chi connectivity index (χ0) is 34.2. The number of aliphatic hydroxyl groups is 1. The average Bonchev–Trinajstić information content (AvgIpc) is 3.05. The third-order valence-corrected chi connectivity index (χ3v) is 7.80. The van der Waals surface area contributed by atoms with Crippen LogP contribution in [-0.2, 0) is 36.9 Å². The molecule has 3 aromatic carbocycles. The molecule has 0 bridgehead atoms. The summed E-state index contributed by atoms with van der Waals surface area (Å²) in [6, 6.07) is 20.1. The molecule has 4 N–H and O–H groups in total. The third kappa shape index (κ3) is 12.4. The second-order valence-corrected chi connectivity index (χ2v) is 12.1. The maximum Gasteiger partial charge on any atom is 0.408 e. The number of hydrogen-bond donors (Lipinski definition) is 4. The van der Waals surface area contributed by atoms with Gasteiger partial charge < -0.3 is 30.5 Å². The predicted molar refractivity (Wildman–Crippen MR) is 181 cm³/mol. The lowest BCUT2D eigenvalue weighted by Gasteiger charge is -2.29. The van der Waals surface area contributed by atoms with E-state index in [1.807, 2.05) is 93.6 Å². The number of alkyl carbamates (subject to hydrolysis) is 1. The highest BCUT2D eigenvalue weighted by Crippen LogP contribution is 2.20. The molecular formula is C37H49N3O7. The number of carbonyl (C=O) groups excluding carboxylic acids is 4. The lowest BCUT2D eigenvalue weighted by molar-refractivity contribution is -0.146. The Balaban J connectivity index is 1.82. The van der Waals surface area contributed by atoms with Crippen LogP contribution in [0.25, 0.3) is 10.8 Å². The molecule has 0 spiro atoms. The number of ether oxygens (including phenoxy) is 2. The van der Waals surface area contributed by atoms with Crippen LogP contribution in [-0.4, -0.2) is 59.8 Å². The Bertz CT molecular complexity index is 1440. The van der Waals surface area contributed by atoms with E-state index in [-0.39, 0.29) is 32.0 Å². The number of nitrogens with one attached hydrogen (secondary N) is 3. The maximum absolute atomic E-state index is 13.9. The predicted octanol–water partition coefficient (Wildman–Crippen LogP) is 5.20. The van der Waals surface area contributed by atoms with Gasteiger partial charge in [-0.2, -0.15) is 0 Å². The fraction of sp³-hybridized carbons (Fsp3) is 0.459. The first kappa shape index (κ1) is 37.0. The highest BCUT2D eigenvalue weighted by molar-refractivity contribution is 5.92. The fourth-order valence-electron chi connectivity index (χ4n) is 5.39. The van der Waals surface area contributed by atoms with Gasteiger partial charge >= 0.3 is 12.1 Å². The number of fused-ring (bicyclic) bond motifs is 1. The van der Waals surface area contributed by atoms with Gasteiger partial charge in [-0.05, 0) is 47.6 Å². The molecule has 10 nitrogen and oxygen atoms in total. The van der Waals surface area contributed by atoms with Crippen LogP contribution in [0.2, 0.25) is 0 Å². The molecule has 0 aliphatic rings. The summed E-state index contributed by atoms with van der Waals surface area (Å²) in [5, 5.41) is 21.3. The summed E-state index contributed by atoms with van der Waals surface area (Å²) in [5.74, 6) is -1.47. The lowest BCUT2D eigenvalue weighted by atomic mass is 9.96. The Morgan fingerprint density at radius 3 is 2.17 bits per heavy atom. The highest BCUT2D eigenvalue weighted by Gasteiger charge is 2.31. The van der Waals surface area contributed by atoms with Crippen LogP contribution in [0.5, 0.6) is 0 Å². The molecule has 0 fully saturated rings. The minimum absolute atomic E-state index is 0.0299. The maximum atomic E-state index is 13.9. The highest BCUT2D eigenvalue weighted by atomic mass is 16.5. The minimum atomic E-state index is -1.16. The SMILES string of the molecule is CCCC[C@H](NC(=O)[C@H](Cc1cccc2ccccc12)NC(=O)OCc1ccccc1)C(=O)N[C@@H](CC(C)C)[C@@H](O)CC(=O)OCC. The molecule has 0 aromatic heterocycles. The van der Waals surface area contributed by atoms with Crippen LogP contribution in [0.15, 0.2) is 72.8 Å². The zero-order valence-electron chi connectivity index (χ0n) is 27.9. The standard InChI is InChI=1S/C37H49N3O7/c1-5-7-20-30(35(43)39-31(21-25(3)4)33(41)23-34(42)46-6-2)38-36(44)32(40-37(45)47-24-26-14-9-8-10-15-26)22-28-18-13-17-27-16-11-12-19-29(27)28/h8-19,25,30-33,41H,5-7,20-24H2,1-4H3,(H,38,44)(H,39,43)(H,40,45)/t30-,31-,32-,33-/m0/s1. The van der Waals surface area contributed by atoms with Crippen molar-refractivity contribution in [2.45, 2.75) is 97.1 Å². The molecule has 3 aromatic rings. The third-order valence-electron chi connectivity index (χ3n) is 7.80. The van der Waals surface area contributed by atoms with E-state index in [0.717, 1.165) is 28.3 Å². The minimum Gasteiger partial charge on any atom is -0.466 e. The number of amides is 3. The van der Waals surface area contributed by atoms with Crippen molar-refractivity contribution in [3.8, 4) is 0 Å². The first-order valence-electron chi connectivity index (χ1n) is 16.5. The van der Waals surface area contributed by atoms with Crippen molar-refractivity contribution < 1.29 is 33.8 Å². The van der Waals surface area contributed by atoms with E-state index < -0.39 is 48.1 Å². The van der Waals surface area contributed by atoms with Crippen LogP contribution in [0.1, 0.15) is 70.9 Å². The summed E-state index contributed by atoms with van der Waals surface area (Å²) in [6.45, 7) is 7.78. The van der Waals surface area contributed by atoms with E-state index in [2.05, 4.69) is 16.0 Å². The van der Waals surface area contributed by atoms with E-state index >= 15 is 0 Å². The molecule has 10 heteroatoms. The summed E-state index contributed by atoms with van der Waals surface area (Å²) in [5.41, 5.74) is 1.65. The van der Waals surface area contributed by atoms with Gasteiger partial charge in [0.1, 0.15) is 18.7 Å². The van der Waals surface area contributed by atoms with Gasteiger partial charge in [-0.25, -0.2) is 4.79 Å². The quantitative estimate of drug-likeness (QED) is 0.139. The van der Waals surface area contributed by atoms with Crippen LogP contribution in [0, 0.1) is 5.92 Å². The smallest absolute Gasteiger partial charge is 0.408 e. The number of esters is 1. The first-order valence-corrected chi connectivity index (χ1v) is 16.5. The number of carbonyl (C=O) groups is 4. The molecular weight excluding hydrogens is 598 g/mol. The summed E-state index contributed by atoms with van der Waals surface area (Å²) in [4.78, 5) is 52.6. The van der Waals surface area contributed by atoms with Gasteiger partial charge in [0.2, 0.25) is 11.8 Å². The van der Waals surface area contributed by atoms with Crippen LogP contribution >= 0.6 is 0 Å². The molecule has 0 aliphatic carbocycles. The van der Waals surface area contributed by atoms with E-state index in [0.29, 0.717) is 19.3 Å². The molecule has 0 saturated heterocycles. The summed E-state index contributed by atoms with van der Waals surface area (Å²) >= 11 is 0. The normalized spacial score (nSPS) is 13.7. The average molecular weight is 648 g/mol. The monoisotopic (exact) mass is 647 g/mol. The number of rotatable bonds is 18. The second-order valence-electron chi connectivity index (χ2n) is 12.1. The zero-order valence-corrected chi connectivity index (χ0v) is 27.9. The van der Waals surface area contributed by atoms with Gasteiger partial charge in [-0.3, -0.25) is 14.4 Å². The van der Waals surface area contributed by atoms with Gasteiger partial charge in [0.25, 0.3) is 0 Å².